The van der Waals surface area contributed by atoms with E-state index in [-0.39, 0.29) is 18.5 Å². The molecule has 0 bridgehead atoms. The summed E-state index contributed by atoms with van der Waals surface area (Å²) in [6, 6.07) is 0. The van der Waals surface area contributed by atoms with Crippen molar-refractivity contribution in [2.75, 3.05) is 25.0 Å². The fraction of sp³-hybridized carbons (Fsp3) is 1.00. The minimum absolute atomic E-state index is 0.0808. The fourth-order valence-electron chi connectivity index (χ4n) is 1.43. The van der Waals surface area contributed by atoms with E-state index in [0.717, 1.165) is 0 Å². The van der Waals surface area contributed by atoms with Crippen LogP contribution in [0.3, 0.4) is 0 Å². The van der Waals surface area contributed by atoms with Crippen molar-refractivity contribution in [1.29, 1.82) is 0 Å². The van der Waals surface area contributed by atoms with E-state index in [9.17, 15) is 13.0 Å². The van der Waals surface area contributed by atoms with Crippen LogP contribution in [0.5, 0.6) is 0 Å². The third-order valence-electron chi connectivity index (χ3n) is 2.18. The Morgan fingerprint density at radius 2 is 2.20 bits per heavy atom. The SMILES string of the molecule is O=P(O)(CCCN1CCCS1(=O)=O)OS. The van der Waals surface area contributed by atoms with Gasteiger partial charge in [-0.2, -0.15) is 0 Å². The second-order valence-corrected chi connectivity index (χ2v) is 7.83. The Morgan fingerprint density at radius 3 is 2.67 bits per heavy atom. The number of thiol groups is 1. The van der Waals surface area contributed by atoms with Crippen molar-refractivity contribution in [3.8, 4) is 0 Å². The molecule has 9 heteroatoms. The summed E-state index contributed by atoms with van der Waals surface area (Å²) >= 11 is 3.27. The van der Waals surface area contributed by atoms with Crippen LogP contribution in [0.1, 0.15) is 12.8 Å². The highest BCUT2D eigenvalue weighted by atomic mass is 32.2. The van der Waals surface area contributed by atoms with Crippen LogP contribution in [0.25, 0.3) is 0 Å². The Balaban J connectivity index is 2.36. The highest BCUT2D eigenvalue weighted by Crippen LogP contribution is 2.43. The number of rotatable bonds is 5. The van der Waals surface area contributed by atoms with E-state index in [2.05, 4.69) is 16.9 Å². The van der Waals surface area contributed by atoms with Gasteiger partial charge < -0.3 is 4.89 Å². The average molecular weight is 275 g/mol. The largest absolute Gasteiger partial charge is 0.338 e. The first-order valence-corrected chi connectivity index (χ1v) is 8.24. The maximum absolute atomic E-state index is 11.3. The van der Waals surface area contributed by atoms with Crippen LogP contribution >= 0.6 is 20.5 Å². The zero-order chi connectivity index (χ0) is 11.5. The molecule has 1 heterocycles. The lowest BCUT2D eigenvalue weighted by Crippen LogP contribution is -2.27. The average Bonchev–Trinajstić information content (AvgIpc) is 2.46. The van der Waals surface area contributed by atoms with Gasteiger partial charge in [0.2, 0.25) is 10.0 Å². The fourth-order valence-corrected chi connectivity index (χ4v) is 3.86. The predicted molar refractivity (Wildman–Crippen MR) is 59.4 cm³/mol. The first-order valence-electron chi connectivity index (χ1n) is 4.50. The molecule has 0 aromatic heterocycles. The monoisotopic (exact) mass is 275 g/mol. The van der Waals surface area contributed by atoms with E-state index in [1.807, 2.05) is 0 Å². The molecule has 1 atom stereocenters. The van der Waals surface area contributed by atoms with Crippen LogP contribution in [-0.2, 0) is 18.6 Å². The minimum atomic E-state index is -3.63. The summed E-state index contributed by atoms with van der Waals surface area (Å²) in [6.45, 7) is 0.768. The van der Waals surface area contributed by atoms with Gasteiger partial charge in [-0.3, -0.25) is 4.57 Å². The Morgan fingerprint density at radius 1 is 1.53 bits per heavy atom. The van der Waals surface area contributed by atoms with Crippen LogP contribution in [-0.4, -0.2) is 42.6 Å². The summed E-state index contributed by atoms with van der Waals surface area (Å²) in [5, 5.41) is 0. The molecule has 1 fully saturated rings. The Labute approximate surface area is 94.8 Å². The van der Waals surface area contributed by atoms with Crippen LogP contribution in [0, 0.1) is 0 Å². The van der Waals surface area contributed by atoms with E-state index in [1.165, 1.54) is 4.31 Å². The van der Waals surface area contributed by atoms with E-state index in [0.29, 0.717) is 19.4 Å². The van der Waals surface area contributed by atoms with Crippen molar-refractivity contribution in [1.82, 2.24) is 4.31 Å². The maximum atomic E-state index is 11.3. The molecule has 0 aromatic carbocycles. The van der Waals surface area contributed by atoms with Gasteiger partial charge >= 0.3 is 7.60 Å². The molecule has 0 saturated carbocycles. The van der Waals surface area contributed by atoms with Gasteiger partial charge in [0, 0.05) is 13.1 Å². The molecule has 1 N–H and O–H groups in total. The molecule has 1 aliphatic rings. The molecule has 0 spiro atoms. The van der Waals surface area contributed by atoms with Gasteiger partial charge in [0.15, 0.2) is 0 Å². The highest BCUT2D eigenvalue weighted by molar-refractivity contribution is 7.89. The van der Waals surface area contributed by atoms with Gasteiger partial charge in [-0.05, 0) is 25.8 Å². The molecule has 0 aliphatic carbocycles. The quantitative estimate of drug-likeness (QED) is 0.432. The van der Waals surface area contributed by atoms with Gasteiger partial charge in [-0.1, -0.05) is 0 Å². The zero-order valence-corrected chi connectivity index (χ0v) is 10.7. The lowest BCUT2D eigenvalue weighted by molar-refractivity contribution is 0.392. The van der Waals surface area contributed by atoms with Gasteiger partial charge in [-0.15, -0.1) is 0 Å². The third kappa shape index (κ3) is 4.05. The van der Waals surface area contributed by atoms with Gasteiger partial charge in [0.1, 0.15) is 0 Å². The van der Waals surface area contributed by atoms with Crippen molar-refractivity contribution in [3.05, 3.63) is 0 Å². The normalized spacial score (nSPS) is 25.2. The van der Waals surface area contributed by atoms with E-state index in [4.69, 9.17) is 4.89 Å². The Kier molecular flexibility index (Phi) is 4.64. The lowest BCUT2D eigenvalue weighted by atomic mass is 10.4. The summed E-state index contributed by atoms with van der Waals surface area (Å²) < 4.78 is 39.1. The van der Waals surface area contributed by atoms with Crippen molar-refractivity contribution in [2.24, 2.45) is 0 Å². The molecule has 1 aliphatic heterocycles. The first-order chi connectivity index (χ1) is 6.87. The molecule has 0 aromatic rings. The summed E-state index contributed by atoms with van der Waals surface area (Å²) in [5.74, 6) is 0.173. The molecule has 1 unspecified atom stereocenters. The topological polar surface area (TPSA) is 83.9 Å². The second-order valence-electron chi connectivity index (χ2n) is 3.36. The number of hydrogen-bond donors (Lipinski definition) is 2. The van der Waals surface area contributed by atoms with Crippen molar-refractivity contribution < 1.29 is 21.8 Å². The molecule has 15 heavy (non-hydrogen) atoms. The molecular formula is C6H14NO5PS2. The Bertz CT molecular complexity index is 357. The molecule has 0 radical (unpaired) electrons. The summed E-state index contributed by atoms with van der Waals surface area (Å²) in [6.07, 6.45) is 0.846. The summed E-state index contributed by atoms with van der Waals surface area (Å²) in [7, 11) is -6.74. The highest BCUT2D eigenvalue weighted by Gasteiger charge is 2.28. The molecular weight excluding hydrogens is 261 g/mol. The molecule has 1 saturated heterocycles. The minimum Gasteiger partial charge on any atom is -0.324 e. The second kappa shape index (κ2) is 5.16. The van der Waals surface area contributed by atoms with Crippen LogP contribution in [0.4, 0.5) is 0 Å². The van der Waals surface area contributed by atoms with Gasteiger partial charge in [0.25, 0.3) is 0 Å². The molecule has 6 nitrogen and oxygen atoms in total. The van der Waals surface area contributed by atoms with Gasteiger partial charge in [-0.25, -0.2) is 16.7 Å². The van der Waals surface area contributed by atoms with Crippen LogP contribution in [0.15, 0.2) is 0 Å². The lowest BCUT2D eigenvalue weighted by Gasteiger charge is -2.14. The van der Waals surface area contributed by atoms with Gasteiger partial charge in [0.05, 0.1) is 11.9 Å². The van der Waals surface area contributed by atoms with Crippen molar-refractivity contribution in [2.45, 2.75) is 12.8 Å². The first kappa shape index (κ1) is 13.5. The Hall–Kier alpha value is 0.410. The smallest absolute Gasteiger partial charge is 0.324 e. The van der Waals surface area contributed by atoms with E-state index < -0.39 is 17.6 Å². The van der Waals surface area contributed by atoms with Crippen LogP contribution in [0.2, 0.25) is 0 Å². The van der Waals surface area contributed by atoms with E-state index in [1.54, 1.807) is 0 Å². The standard InChI is InChI=1S/C6H14NO5PS2/c8-13(9,12-14)5-1-3-7-4-2-6-15(7,10)11/h14H,1-6H2,(H,8,9). The van der Waals surface area contributed by atoms with Crippen molar-refractivity contribution >= 4 is 30.5 Å². The van der Waals surface area contributed by atoms with E-state index >= 15 is 0 Å². The van der Waals surface area contributed by atoms with Crippen LogP contribution < -0.4 is 0 Å². The molecule has 0 amide bonds. The number of nitrogens with zero attached hydrogens (tertiary/aromatic N) is 1. The molecule has 1 rings (SSSR count). The summed E-state index contributed by atoms with van der Waals surface area (Å²) in [4.78, 5) is 9.02. The zero-order valence-electron chi connectivity index (χ0n) is 8.07. The van der Waals surface area contributed by atoms with Crippen molar-refractivity contribution in [3.63, 3.8) is 0 Å². The third-order valence-corrected chi connectivity index (χ3v) is 6.04. The maximum Gasteiger partial charge on any atom is 0.338 e. The predicted octanol–water partition coefficient (Wildman–Crippen LogP) is 0.459. The molecule has 90 valence electrons. The number of hydrogen-bond acceptors (Lipinski definition) is 5. The number of sulfonamides is 1. The summed E-state index contributed by atoms with van der Waals surface area (Å²) in [5.41, 5.74) is 0.